The van der Waals surface area contributed by atoms with Crippen molar-refractivity contribution in [2.75, 3.05) is 6.54 Å². The van der Waals surface area contributed by atoms with Crippen molar-refractivity contribution in [2.24, 2.45) is 0 Å². The summed E-state index contributed by atoms with van der Waals surface area (Å²) in [5, 5.41) is 2.63. The highest BCUT2D eigenvalue weighted by Crippen LogP contribution is 1.86. The van der Waals surface area contributed by atoms with Crippen molar-refractivity contribution in [1.29, 1.82) is 0 Å². The summed E-state index contributed by atoms with van der Waals surface area (Å²) in [5.41, 5.74) is -0.176. The van der Waals surface area contributed by atoms with E-state index < -0.39 is 0 Å². The van der Waals surface area contributed by atoms with E-state index in [2.05, 4.69) is 15.3 Å². The monoisotopic (exact) mass is 181 g/mol. The summed E-state index contributed by atoms with van der Waals surface area (Å²) in [5.74, 6) is -0.299. The molecule has 0 atom stereocenters. The summed E-state index contributed by atoms with van der Waals surface area (Å²) >= 11 is 0. The number of aromatic amines is 1. The van der Waals surface area contributed by atoms with Crippen LogP contribution in [0.2, 0.25) is 0 Å². The second-order valence-electron chi connectivity index (χ2n) is 2.57. The molecule has 70 valence electrons. The van der Waals surface area contributed by atoms with Crippen molar-refractivity contribution >= 4 is 5.91 Å². The minimum Gasteiger partial charge on any atom is -0.351 e. The van der Waals surface area contributed by atoms with Crippen molar-refractivity contribution in [3.63, 3.8) is 0 Å². The Bertz CT molecular complexity index is 345. The van der Waals surface area contributed by atoms with Crippen LogP contribution in [0.25, 0.3) is 0 Å². The van der Waals surface area contributed by atoms with E-state index in [1.807, 2.05) is 6.92 Å². The summed E-state index contributed by atoms with van der Waals surface area (Å²) < 4.78 is 0. The van der Waals surface area contributed by atoms with Gasteiger partial charge in [-0.25, -0.2) is 0 Å². The SMILES string of the molecule is CCCNC(=O)c1cncc(=O)[nH]1. The number of carbonyl (C=O) groups is 1. The fourth-order valence-electron chi connectivity index (χ4n) is 0.826. The molecule has 1 heterocycles. The number of carbonyl (C=O) groups excluding carboxylic acids is 1. The lowest BCUT2D eigenvalue weighted by Crippen LogP contribution is -2.27. The molecule has 0 aliphatic carbocycles. The molecule has 1 amide bonds. The molecule has 0 saturated carbocycles. The predicted molar refractivity (Wildman–Crippen MR) is 47.5 cm³/mol. The van der Waals surface area contributed by atoms with Crippen molar-refractivity contribution < 1.29 is 4.79 Å². The first-order chi connectivity index (χ1) is 6.24. The summed E-state index contributed by atoms with van der Waals surface area (Å²) in [6, 6.07) is 0. The molecule has 1 rings (SSSR count). The molecular weight excluding hydrogens is 170 g/mol. The topological polar surface area (TPSA) is 74.8 Å². The van der Waals surface area contributed by atoms with Gasteiger partial charge < -0.3 is 10.3 Å². The molecule has 5 nitrogen and oxygen atoms in total. The Hall–Kier alpha value is -1.65. The lowest BCUT2D eigenvalue weighted by Gasteiger charge is -2.01. The highest BCUT2D eigenvalue weighted by Gasteiger charge is 2.04. The molecule has 0 spiro atoms. The fourth-order valence-corrected chi connectivity index (χ4v) is 0.826. The van der Waals surface area contributed by atoms with Crippen molar-refractivity contribution in [3.05, 3.63) is 28.4 Å². The molecule has 2 N–H and O–H groups in total. The van der Waals surface area contributed by atoms with E-state index in [0.29, 0.717) is 6.54 Å². The summed E-state index contributed by atoms with van der Waals surface area (Å²) in [7, 11) is 0. The maximum atomic E-state index is 11.2. The normalized spacial score (nSPS) is 9.62. The summed E-state index contributed by atoms with van der Waals surface area (Å²) in [4.78, 5) is 28.0. The molecule has 1 aromatic rings. The van der Waals surface area contributed by atoms with Gasteiger partial charge in [0.25, 0.3) is 11.5 Å². The van der Waals surface area contributed by atoms with Crippen LogP contribution in [0.4, 0.5) is 0 Å². The van der Waals surface area contributed by atoms with Gasteiger partial charge in [0.05, 0.1) is 12.4 Å². The largest absolute Gasteiger partial charge is 0.351 e. The molecule has 1 aromatic heterocycles. The number of aromatic nitrogens is 2. The van der Waals surface area contributed by atoms with E-state index >= 15 is 0 Å². The third-order valence-corrected chi connectivity index (χ3v) is 1.43. The van der Waals surface area contributed by atoms with Gasteiger partial charge in [0, 0.05) is 6.54 Å². The summed E-state index contributed by atoms with van der Waals surface area (Å²) in [6.45, 7) is 2.54. The molecule has 0 saturated heterocycles. The first kappa shape index (κ1) is 9.44. The minimum absolute atomic E-state index is 0.195. The van der Waals surface area contributed by atoms with Gasteiger partial charge in [-0.3, -0.25) is 14.6 Å². The standard InChI is InChI=1S/C8H11N3O2/c1-2-3-10-8(13)6-4-9-5-7(12)11-6/h4-5H,2-3H2,1H3,(H,10,13)(H,11,12). The number of H-pyrrole nitrogens is 1. The molecule has 5 heteroatoms. The van der Waals surface area contributed by atoms with Crippen LogP contribution in [0.15, 0.2) is 17.2 Å². The van der Waals surface area contributed by atoms with E-state index in [0.717, 1.165) is 12.6 Å². The Morgan fingerprint density at radius 2 is 2.38 bits per heavy atom. The number of hydrogen-bond acceptors (Lipinski definition) is 3. The number of nitrogens with zero attached hydrogens (tertiary/aromatic N) is 1. The van der Waals surface area contributed by atoms with Gasteiger partial charge in [-0.15, -0.1) is 0 Å². The van der Waals surface area contributed by atoms with Crippen molar-refractivity contribution in [1.82, 2.24) is 15.3 Å². The van der Waals surface area contributed by atoms with Crippen molar-refractivity contribution in [3.8, 4) is 0 Å². The highest BCUT2D eigenvalue weighted by atomic mass is 16.2. The van der Waals surface area contributed by atoms with Crippen LogP contribution >= 0.6 is 0 Å². The van der Waals surface area contributed by atoms with Gasteiger partial charge in [-0.1, -0.05) is 6.92 Å². The van der Waals surface area contributed by atoms with Crippen LogP contribution < -0.4 is 10.9 Å². The van der Waals surface area contributed by atoms with Crippen molar-refractivity contribution in [2.45, 2.75) is 13.3 Å². The Balaban J connectivity index is 2.71. The zero-order valence-corrected chi connectivity index (χ0v) is 7.33. The Morgan fingerprint density at radius 3 is 3.00 bits per heavy atom. The molecule has 0 bridgehead atoms. The first-order valence-corrected chi connectivity index (χ1v) is 4.06. The van der Waals surface area contributed by atoms with Gasteiger partial charge in [0.2, 0.25) is 0 Å². The molecule has 13 heavy (non-hydrogen) atoms. The fraction of sp³-hybridized carbons (Fsp3) is 0.375. The molecule has 0 aliphatic rings. The summed E-state index contributed by atoms with van der Waals surface area (Å²) in [6.07, 6.45) is 3.30. The molecule has 0 aromatic carbocycles. The van der Waals surface area contributed by atoms with Crippen LogP contribution in [-0.4, -0.2) is 22.4 Å². The van der Waals surface area contributed by atoms with E-state index in [1.54, 1.807) is 0 Å². The van der Waals surface area contributed by atoms with Crippen LogP contribution in [0.1, 0.15) is 23.8 Å². The minimum atomic E-state index is -0.371. The highest BCUT2D eigenvalue weighted by molar-refractivity contribution is 5.91. The molecule has 0 aliphatic heterocycles. The average molecular weight is 181 g/mol. The Morgan fingerprint density at radius 1 is 1.62 bits per heavy atom. The van der Waals surface area contributed by atoms with E-state index in [4.69, 9.17) is 0 Å². The lowest BCUT2D eigenvalue weighted by molar-refractivity contribution is 0.0948. The Labute approximate surface area is 75.2 Å². The zero-order chi connectivity index (χ0) is 9.68. The van der Waals surface area contributed by atoms with Crippen LogP contribution in [0, 0.1) is 0 Å². The molecule has 0 unspecified atom stereocenters. The van der Waals surface area contributed by atoms with E-state index in [9.17, 15) is 9.59 Å². The average Bonchev–Trinajstić information content (AvgIpc) is 2.14. The van der Waals surface area contributed by atoms with Crippen LogP contribution in [0.3, 0.4) is 0 Å². The van der Waals surface area contributed by atoms with Crippen LogP contribution in [0.5, 0.6) is 0 Å². The van der Waals surface area contributed by atoms with Crippen LogP contribution in [-0.2, 0) is 0 Å². The van der Waals surface area contributed by atoms with Gasteiger partial charge in [0.15, 0.2) is 0 Å². The second-order valence-corrected chi connectivity index (χ2v) is 2.57. The zero-order valence-electron chi connectivity index (χ0n) is 7.33. The molecular formula is C8H11N3O2. The second kappa shape index (κ2) is 4.39. The number of nitrogens with one attached hydrogen (secondary N) is 2. The molecule has 0 radical (unpaired) electrons. The third kappa shape index (κ3) is 2.70. The van der Waals surface area contributed by atoms with Gasteiger partial charge in [-0.2, -0.15) is 0 Å². The van der Waals surface area contributed by atoms with Gasteiger partial charge >= 0.3 is 0 Å². The predicted octanol–water partition coefficient (Wildman–Crippen LogP) is -0.0903. The quantitative estimate of drug-likeness (QED) is 0.684. The van der Waals surface area contributed by atoms with Gasteiger partial charge in [0.1, 0.15) is 5.69 Å². The van der Waals surface area contributed by atoms with E-state index in [-0.39, 0.29) is 17.2 Å². The number of amides is 1. The first-order valence-electron chi connectivity index (χ1n) is 4.06. The Kier molecular flexibility index (Phi) is 3.19. The smallest absolute Gasteiger partial charge is 0.269 e. The maximum absolute atomic E-state index is 11.2. The van der Waals surface area contributed by atoms with Gasteiger partial charge in [-0.05, 0) is 6.42 Å². The maximum Gasteiger partial charge on any atom is 0.269 e. The molecule has 0 fully saturated rings. The lowest BCUT2D eigenvalue weighted by atomic mass is 10.4. The van der Waals surface area contributed by atoms with E-state index in [1.165, 1.54) is 6.20 Å². The number of hydrogen-bond donors (Lipinski definition) is 2. The third-order valence-electron chi connectivity index (χ3n) is 1.43. The number of rotatable bonds is 3.